The number of aromatic nitrogens is 6. The monoisotopic (exact) mass is 564 g/mol. The smallest absolute Gasteiger partial charge is 0.354 e. The Hall–Kier alpha value is -4.09. The van der Waals surface area contributed by atoms with Crippen molar-refractivity contribution in [3.63, 3.8) is 0 Å². The van der Waals surface area contributed by atoms with Gasteiger partial charge in [-0.15, -0.1) is 5.10 Å². The second-order valence-corrected chi connectivity index (χ2v) is 11.1. The third-order valence-corrected chi connectivity index (χ3v) is 8.29. The summed E-state index contributed by atoms with van der Waals surface area (Å²) in [6, 6.07) is 7.83. The van der Waals surface area contributed by atoms with Crippen LogP contribution in [0.15, 0.2) is 48.8 Å². The van der Waals surface area contributed by atoms with Crippen molar-refractivity contribution in [1.29, 1.82) is 0 Å². The Morgan fingerprint density at radius 1 is 1.02 bits per heavy atom. The van der Waals surface area contributed by atoms with Crippen LogP contribution in [0.1, 0.15) is 73.4 Å². The number of tetrazole rings is 1. The molecule has 0 spiro atoms. The van der Waals surface area contributed by atoms with E-state index in [0.717, 1.165) is 45.9 Å². The highest BCUT2D eigenvalue weighted by Gasteiger charge is 2.46. The van der Waals surface area contributed by atoms with Crippen LogP contribution in [0, 0.1) is 5.92 Å². The number of hydrogen-bond acceptors (Lipinski definition) is 7. The van der Waals surface area contributed by atoms with Crippen molar-refractivity contribution in [1.82, 2.24) is 35.1 Å². The molecule has 41 heavy (non-hydrogen) atoms. The molecule has 1 amide bonds. The number of halogens is 3. The zero-order valence-corrected chi connectivity index (χ0v) is 22.8. The fraction of sp³-hybridized carbons (Fsp3) is 0.448. The van der Waals surface area contributed by atoms with E-state index in [2.05, 4.69) is 30.8 Å². The number of rotatable bonds is 7. The Balaban J connectivity index is 1.18. The maximum atomic E-state index is 14.4. The van der Waals surface area contributed by atoms with Crippen molar-refractivity contribution in [2.75, 3.05) is 12.4 Å². The van der Waals surface area contributed by atoms with Crippen molar-refractivity contribution >= 4 is 28.3 Å². The molecule has 6 rings (SSSR count). The number of nitrogens with zero attached hydrogens (tertiary/aromatic N) is 7. The van der Waals surface area contributed by atoms with E-state index < -0.39 is 24.0 Å². The molecule has 12 heteroatoms. The molecule has 2 saturated carbocycles. The highest BCUT2D eigenvalue weighted by Crippen LogP contribution is 2.46. The van der Waals surface area contributed by atoms with Crippen LogP contribution in [0.25, 0.3) is 11.0 Å². The van der Waals surface area contributed by atoms with Crippen LogP contribution in [0.2, 0.25) is 0 Å². The maximum absolute atomic E-state index is 14.4. The number of hydrogen-bond donors (Lipinski definition) is 1. The average molecular weight is 565 g/mol. The van der Waals surface area contributed by atoms with E-state index in [4.69, 9.17) is 0 Å². The fourth-order valence-corrected chi connectivity index (χ4v) is 6.06. The van der Waals surface area contributed by atoms with Crippen LogP contribution in [0.5, 0.6) is 0 Å². The van der Waals surface area contributed by atoms with Gasteiger partial charge in [-0.3, -0.25) is 14.8 Å². The second-order valence-electron chi connectivity index (χ2n) is 11.1. The summed E-state index contributed by atoms with van der Waals surface area (Å²) in [7, 11) is 3.01. The summed E-state index contributed by atoms with van der Waals surface area (Å²) in [6.45, 7) is 0. The van der Waals surface area contributed by atoms with Gasteiger partial charge in [0.2, 0.25) is 5.91 Å². The molecule has 1 N–H and O–H groups in total. The van der Waals surface area contributed by atoms with Crippen LogP contribution < -0.4 is 5.32 Å². The Bertz CT molecular complexity index is 1540. The summed E-state index contributed by atoms with van der Waals surface area (Å²) < 4.78 is 44.7. The van der Waals surface area contributed by atoms with Gasteiger partial charge >= 0.3 is 6.18 Å². The van der Waals surface area contributed by atoms with E-state index in [1.54, 1.807) is 36.3 Å². The second kappa shape index (κ2) is 10.7. The lowest BCUT2D eigenvalue weighted by atomic mass is 9.80. The Morgan fingerprint density at radius 2 is 1.73 bits per heavy atom. The maximum Gasteiger partial charge on any atom is 0.413 e. The normalized spacial score (nSPS) is 20.1. The first kappa shape index (κ1) is 27.1. The van der Waals surface area contributed by atoms with Gasteiger partial charge in [-0.1, -0.05) is 12.1 Å². The largest absolute Gasteiger partial charge is 0.413 e. The third-order valence-electron chi connectivity index (χ3n) is 8.29. The summed E-state index contributed by atoms with van der Waals surface area (Å²) in [4.78, 5) is 23.2. The minimum absolute atomic E-state index is 0.0125. The lowest BCUT2D eigenvalue weighted by Crippen LogP contribution is -2.43. The molecule has 214 valence electrons. The standard InChI is InChI=1S/C29H31F3N8O/c1-39(28(41)20-9-7-19(8-10-20)27-36-37-38-40(27)2)26(29(30,31)32)18-11-13-21(14-12-18)35-23-16-34-22-4-3-15-33-25(22)24(23)17-5-6-17/h3-4,11-17,19-20,26,35H,5-10H2,1-2H3/t19?,20?,26-/m0/s1. The first-order chi connectivity index (χ1) is 19.7. The van der Waals surface area contributed by atoms with Gasteiger partial charge in [0, 0.05) is 43.4 Å². The first-order valence-electron chi connectivity index (χ1n) is 13.9. The summed E-state index contributed by atoms with van der Waals surface area (Å²) >= 11 is 0. The van der Waals surface area contributed by atoms with Crippen molar-refractivity contribution < 1.29 is 18.0 Å². The van der Waals surface area contributed by atoms with Gasteiger partial charge in [0.05, 0.1) is 22.9 Å². The van der Waals surface area contributed by atoms with Gasteiger partial charge in [-0.25, -0.2) is 4.68 Å². The number of alkyl halides is 3. The van der Waals surface area contributed by atoms with Crippen molar-refractivity contribution in [3.8, 4) is 0 Å². The molecule has 0 bridgehead atoms. The van der Waals surface area contributed by atoms with Crippen LogP contribution in [-0.4, -0.2) is 54.2 Å². The Labute approximate surface area is 235 Å². The molecule has 0 radical (unpaired) electrons. The van der Waals surface area contributed by atoms with Gasteiger partial charge in [0.25, 0.3) is 0 Å². The lowest BCUT2D eigenvalue weighted by Gasteiger charge is -2.35. The zero-order chi connectivity index (χ0) is 28.7. The van der Waals surface area contributed by atoms with Gasteiger partial charge < -0.3 is 10.2 Å². The molecule has 2 fully saturated rings. The Morgan fingerprint density at radius 3 is 2.37 bits per heavy atom. The molecule has 0 saturated heterocycles. The summed E-state index contributed by atoms with van der Waals surface area (Å²) in [5.41, 5.74) is 4.20. The quantitative estimate of drug-likeness (QED) is 0.302. The molecule has 0 unspecified atom stereocenters. The summed E-state index contributed by atoms with van der Waals surface area (Å²) in [5, 5.41) is 14.9. The topological polar surface area (TPSA) is 102 Å². The van der Waals surface area contributed by atoms with Crippen LogP contribution in [0.4, 0.5) is 24.5 Å². The Kier molecular flexibility index (Phi) is 7.08. The molecule has 1 aromatic carbocycles. The molecule has 9 nitrogen and oxygen atoms in total. The number of anilines is 2. The van der Waals surface area contributed by atoms with Crippen LogP contribution >= 0.6 is 0 Å². The number of carbonyl (C=O) groups is 1. The molecular formula is C29H31F3N8O. The van der Waals surface area contributed by atoms with E-state index >= 15 is 0 Å². The summed E-state index contributed by atoms with van der Waals surface area (Å²) in [5.74, 6) is 0.257. The predicted molar refractivity (Wildman–Crippen MR) is 146 cm³/mol. The van der Waals surface area contributed by atoms with E-state index in [-0.39, 0.29) is 11.5 Å². The minimum atomic E-state index is -4.63. The van der Waals surface area contributed by atoms with E-state index in [9.17, 15) is 18.0 Å². The van der Waals surface area contributed by atoms with Crippen LogP contribution in [-0.2, 0) is 11.8 Å². The molecular weight excluding hydrogens is 533 g/mol. The summed E-state index contributed by atoms with van der Waals surface area (Å²) in [6.07, 6.45) is 3.28. The van der Waals surface area contributed by atoms with E-state index in [1.165, 1.54) is 19.2 Å². The number of benzene rings is 1. The zero-order valence-electron chi connectivity index (χ0n) is 22.8. The number of pyridine rings is 2. The molecule has 0 aliphatic heterocycles. The third kappa shape index (κ3) is 5.47. The van der Waals surface area contributed by atoms with E-state index in [0.29, 0.717) is 37.3 Å². The number of nitrogens with one attached hydrogen (secondary N) is 1. The molecule has 1 atom stereocenters. The van der Waals surface area contributed by atoms with Crippen molar-refractivity contribution in [3.05, 3.63) is 65.7 Å². The molecule has 3 heterocycles. The molecule has 4 aromatic rings. The lowest BCUT2D eigenvalue weighted by molar-refractivity contribution is -0.191. The minimum Gasteiger partial charge on any atom is -0.354 e. The molecule has 2 aliphatic carbocycles. The highest BCUT2D eigenvalue weighted by molar-refractivity contribution is 5.85. The van der Waals surface area contributed by atoms with Gasteiger partial charge in [-0.05, 0) is 84.7 Å². The first-order valence-corrected chi connectivity index (χ1v) is 13.9. The van der Waals surface area contributed by atoms with Crippen molar-refractivity contribution in [2.24, 2.45) is 13.0 Å². The molecule has 2 aliphatic rings. The van der Waals surface area contributed by atoms with Crippen LogP contribution in [0.3, 0.4) is 0 Å². The van der Waals surface area contributed by atoms with Gasteiger partial charge in [-0.2, -0.15) is 13.2 Å². The van der Waals surface area contributed by atoms with Crippen molar-refractivity contribution in [2.45, 2.75) is 62.6 Å². The fourth-order valence-electron chi connectivity index (χ4n) is 6.06. The molecule has 3 aromatic heterocycles. The highest BCUT2D eigenvalue weighted by atomic mass is 19.4. The number of aryl methyl sites for hydroxylation is 1. The predicted octanol–water partition coefficient (Wildman–Crippen LogP) is 5.81. The number of amides is 1. The van der Waals surface area contributed by atoms with Gasteiger partial charge in [0.15, 0.2) is 11.9 Å². The van der Waals surface area contributed by atoms with Gasteiger partial charge in [0.1, 0.15) is 0 Å². The number of fused-ring (bicyclic) bond motifs is 1. The number of carbonyl (C=O) groups excluding carboxylic acids is 1. The average Bonchev–Trinajstić information content (AvgIpc) is 3.71. The SMILES string of the molecule is CN(C(=O)C1CCC(c2nnnn2C)CC1)[C@@H](c1ccc(Nc2cnc3cccnc3c2C2CC2)cc1)C(F)(F)F. The van der Waals surface area contributed by atoms with E-state index in [1.807, 2.05) is 12.1 Å².